The molecule has 2 amide bonds. The molecule has 9 heteroatoms. The standard InChI is InChI=1S/C28H35FN2O5Si/c1-17-26(37(4,5)29)24(14-25(33)31-15-19-9-7-6-8-18(19)12-20(31)16-32)36-28(17)22-13-21(35-3)10-11-23(22)30(2)27(28)34/h6-11,13,17,20,24,26,32H,12,14-16H2,1-5H3/t17-,20-,24+,26-,28+/m0/s1. The molecule has 2 aromatic rings. The fourth-order valence-corrected chi connectivity index (χ4v) is 9.28. The van der Waals surface area contributed by atoms with Gasteiger partial charge in [-0.15, -0.1) is 0 Å². The lowest BCUT2D eigenvalue weighted by Crippen LogP contribution is -2.48. The van der Waals surface area contributed by atoms with Gasteiger partial charge in [0.15, 0.2) is 5.60 Å². The van der Waals surface area contributed by atoms with Crippen LogP contribution in [0.3, 0.4) is 0 Å². The molecule has 1 saturated heterocycles. The average molecular weight is 527 g/mol. The molecular formula is C28H35FN2O5Si. The number of carbonyl (C=O) groups excluding carboxylic acids is 2. The zero-order valence-corrected chi connectivity index (χ0v) is 23.0. The van der Waals surface area contributed by atoms with Gasteiger partial charge < -0.3 is 28.5 Å². The molecule has 0 radical (unpaired) electrons. The smallest absolute Gasteiger partial charge is 0.264 e. The number of rotatable bonds is 5. The van der Waals surface area contributed by atoms with Gasteiger partial charge in [-0.3, -0.25) is 9.59 Å². The molecule has 0 saturated carbocycles. The predicted molar refractivity (Wildman–Crippen MR) is 141 cm³/mol. The highest BCUT2D eigenvalue weighted by atomic mass is 28.4. The Morgan fingerprint density at radius 1 is 1.24 bits per heavy atom. The number of aliphatic hydroxyl groups is 1. The van der Waals surface area contributed by atoms with Crippen LogP contribution in [0.1, 0.15) is 30.0 Å². The number of likely N-dealkylation sites (N-methyl/N-ethyl adjacent to an activating group) is 1. The second-order valence-electron chi connectivity index (χ2n) is 11.1. The SMILES string of the molecule is COc1ccc2c(c1)[C@@]1(O[C@H](CC(=O)N3Cc4ccccc4C[C@H]3CO)[C@@H]([Si](C)(C)F)[C@@H]1C)C(=O)N2C. The van der Waals surface area contributed by atoms with E-state index in [1.807, 2.05) is 37.3 Å². The maximum atomic E-state index is 16.0. The predicted octanol–water partition coefficient (Wildman–Crippen LogP) is 3.78. The van der Waals surface area contributed by atoms with Gasteiger partial charge in [-0.05, 0) is 48.8 Å². The second kappa shape index (κ2) is 9.22. The zero-order chi connectivity index (χ0) is 26.7. The van der Waals surface area contributed by atoms with Crippen molar-refractivity contribution in [3.05, 3.63) is 59.2 Å². The molecule has 2 aromatic carbocycles. The van der Waals surface area contributed by atoms with E-state index in [0.717, 1.165) is 11.1 Å². The normalized spacial score (nSPS) is 29.0. The Hall–Kier alpha value is -2.75. The van der Waals surface area contributed by atoms with E-state index in [4.69, 9.17) is 9.47 Å². The molecule has 3 aliphatic heterocycles. The highest BCUT2D eigenvalue weighted by molar-refractivity contribution is 6.72. The Morgan fingerprint density at radius 3 is 2.59 bits per heavy atom. The monoisotopic (exact) mass is 526 g/mol. The van der Waals surface area contributed by atoms with Crippen molar-refractivity contribution in [2.75, 3.05) is 25.7 Å². The fourth-order valence-electron chi connectivity index (χ4n) is 6.79. The maximum Gasteiger partial charge on any atom is 0.264 e. The summed E-state index contributed by atoms with van der Waals surface area (Å²) in [5, 5.41) is 10.1. The van der Waals surface area contributed by atoms with Gasteiger partial charge in [0.05, 0.1) is 38.0 Å². The maximum absolute atomic E-state index is 16.0. The fraction of sp³-hybridized carbons (Fsp3) is 0.500. The molecule has 0 bridgehead atoms. The summed E-state index contributed by atoms with van der Waals surface area (Å²) < 4.78 is 28.0. The topological polar surface area (TPSA) is 79.3 Å². The Balaban J connectivity index is 1.50. The van der Waals surface area contributed by atoms with Crippen LogP contribution in [-0.4, -0.2) is 63.1 Å². The molecule has 0 aliphatic carbocycles. The van der Waals surface area contributed by atoms with Crippen LogP contribution in [0.15, 0.2) is 42.5 Å². The van der Waals surface area contributed by atoms with E-state index in [-0.39, 0.29) is 30.9 Å². The molecule has 0 aromatic heterocycles. The summed E-state index contributed by atoms with van der Waals surface area (Å²) in [6.45, 7) is 5.34. The Labute approximate surface area is 218 Å². The number of amides is 2. The van der Waals surface area contributed by atoms with Gasteiger partial charge in [0, 0.05) is 30.6 Å². The van der Waals surface area contributed by atoms with Crippen LogP contribution in [0.2, 0.25) is 18.6 Å². The number of hydrogen-bond acceptors (Lipinski definition) is 5. The van der Waals surface area contributed by atoms with Crippen LogP contribution < -0.4 is 9.64 Å². The number of aliphatic hydroxyl groups excluding tert-OH is 1. The van der Waals surface area contributed by atoms with Crippen molar-refractivity contribution in [1.29, 1.82) is 0 Å². The number of benzene rings is 2. The number of carbonyl (C=O) groups is 2. The van der Waals surface area contributed by atoms with Crippen LogP contribution in [0.25, 0.3) is 0 Å². The van der Waals surface area contributed by atoms with Gasteiger partial charge in [0.1, 0.15) is 5.75 Å². The molecule has 1 fully saturated rings. The van der Waals surface area contributed by atoms with Crippen LogP contribution in [0.4, 0.5) is 9.80 Å². The molecule has 3 aliphatic rings. The van der Waals surface area contributed by atoms with Gasteiger partial charge in [0.2, 0.25) is 14.3 Å². The van der Waals surface area contributed by atoms with E-state index >= 15 is 4.11 Å². The minimum Gasteiger partial charge on any atom is -0.497 e. The first kappa shape index (κ1) is 25.9. The third kappa shape index (κ3) is 3.99. The van der Waals surface area contributed by atoms with Crippen molar-refractivity contribution in [3.8, 4) is 5.75 Å². The first-order valence-electron chi connectivity index (χ1n) is 12.8. The Morgan fingerprint density at radius 2 is 1.95 bits per heavy atom. The first-order valence-corrected chi connectivity index (χ1v) is 15.8. The van der Waals surface area contributed by atoms with Crippen molar-refractivity contribution in [2.45, 2.75) is 62.7 Å². The number of fused-ring (bicyclic) bond motifs is 3. The summed E-state index contributed by atoms with van der Waals surface area (Å²) in [4.78, 5) is 30.7. The number of hydrogen-bond donors (Lipinski definition) is 1. The number of halogens is 1. The molecule has 7 nitrogen and oxygen atoms in total. The van der Waals surface area contributed by atoms with Gasteiger partial charge in [-0.1, -0.05) is 31.2 Å². The number of anilines is 1. The number of methoxy groups -OCH3 is 1. The minimum absolute atomic E-state index is 0.0495. The molecule has 3 heterocycles. The lowest BCUT2D eigenvalue weighted by Gasteiger charge is -2.37. The first-order chi connectivity index (χ1) is 17.5. The molecule has 198 valence electrons. The highest BCUT2D eigenvalue weighted by Gasteiger charge is 2.66. The Bertz CT molecular complexity index is 1230. The van der Waals surface area contributed by atoms with Crippen molar-refractivity contribution in [3.63, 3.8) is 0 Å². The van der Waals surface area contributed by atoms with Crippen LogP contribution in [-0.2, 0) is 32.9 Å². The van der Waals surface area contributed by atoms with Gasteiger partial charge in [-0.25, -0.2) is 0 Å². The third-order valence-electron chi connectivity index (χ3n) is 8.56. The van der Waals surface area contributed by atoms with E-state index in [9.17, 15) is 14.7 Å². The van der Waals surface area contributed by atoms with Gasteiger partial charge in [-0.2, -0.15) is 0 Å². The molecule has 1 N–H and O–H groups in total. The molecule has 5 rings (SSSR count). The quantitative estimate of drug-likeness (QED) is 0.474. The summed E-state index contributed by atoms with van der Waals surface area (Å²) >= 11 is 0. The lowest BCUT2D eigenvalue weighted by atomic mass is 9.82. The largest absolute Gasteiger partial charge is 0.497 e. The van der Waals surface area contributed by atoms with E-state index in [0.29, 0.717) is 30.0 Å². The molecule has 37 heavy (non-hydrogen) atoms. The molecule has 5 atom stereocenters. The Kier molecular flexibility index (Phi) is 6.45. The lowest BCUT2D eigenvalue weighted by molar-refractivity contribution is -0.150. The van der Waals surface area contributed by atoms with Crippen LogP contribution >= 0.6 is 0 Å². The van der Waals surface area contributed by atoms with Crippen molar-refractivity contribution in [2.24, 2.45) is 5.92 Å². The molecular weight excluding hydrogens is 491 g/mol. The van der Waals surface area contributed by atoms with E-state index in [2.05, 4.69) is 0 Å². The van der Waals surface area contributed by atoms with Gasteiger partial charge in [0.25, 0.3) is 5.91 Å². The van der Waals surface area contributed by atoms with Crippen molar-refractivity contribution >= 4 is 25.9 Å². The van der Waals surface area contributed by atoms with E-state index in [1.54, 1.807) is 49.2 Å². The zero-order valence-electron chi connectivity index (χ0n) is 22.0. The van der Waals surface area contributed by atoms with Crippen LogP contribution in [0.5, 0.6) is 5.75 Å². The summed E-state index contributed by atoms with van der Waals surface area (Å²) in [6, 6.07) is 13.0. The number of nitrogens with zero attached hydrogens (tertiary/aromatic N) is 2. The summed E-state index contributed by atoms with van der Waals surface area (Å²) in [6.07, 6.45) is -0.250. The summed E-state index contributed by atoms with van der Waals surface area (Å²) in [7, 11) is -0.130. The summed E-state index contributed by atoms with van der Waals surface area (Å²) in [5.41, 5.74) is 1.57. The summed E-state index contributed by atoms with van der Waals surface area (Å²) in [5.74, 6) is -0.337. The van der Waals surface area contributed by atoms with E-state index in [1.165, 1.54) is 0 Å². The second-order valence-corrected chi connectivity index (χ2v) is 14.8. The highest BCUT2D eigenvalue weighted by Crippen LogP contribution is 2.60. The average Bonchev–Trinajstić information content (AvgIpc) is 3.29. The third-order valence-corrected chi connectivity index (χ3v) is 11.0. The minimum atomic E-state index is -3.39. The number of ether oxygens (including phenoxy) is 2. The van der Waals surface area contributed by atoms with Crippen molar-refractivity contribution in [1.82, 2.24) is 4.90 Å². The molecule has 0 unspecified atom stereocenters. The van der Waals surface area contributed by atoms with E-state index < -0.39 is 31.6 Å². The van der Waals surface area contributed by atoms with Crippen molar-refractivity contribution < 1.29 is 28.3 Å². The van der Waals surface area contributed by atoms with Crippen LogP contribution in [0, 0.1) is 5.92 Å². The molecule has 1 spiro atoms. The van der Waals surface area contributed by atoms with Gasteiger partial charge >= 0.3 is 0 Å².